The van der Waals surface area contributed by atoms with Gasteiger partial charge in [-0.05, 0) is 24.1 Å². The van der Waals surface area contributed by atoms with Crippen LogP contribution < -0.4 is 11.5 Å². The molecular formula is C10H12N2O2. The van der Waals surface area contributed by atoms with E-state index in [0.717, 1.165) is 12.0 Å². The zero-order chi connectivity index (χ0) is 10.1. The average Bonchev–Trinajstić information content (AvgIpc) is 2.55. The first-order chi connectivity index (χ1) is 6.70. The Balaban J connectivity index is 2.55. The Labute approximate surface area is 80.7 Å². The second-order valence-electron chi connectivity index (χ2n) is 3.28. The molecule has 0 spiro atoms. The summed E-state index contributed by atoms with van der Waals surface area (Å²) >= 11 is 0. The van der Waals surface area contributed by atoms with Gasteiger partial charge >= 0.3 is 5.76 Å². The number of oxazole rings is 1. The molecule has 74 valence electrons. The average molecular weight is 192 g/mol. The molecule has 3 N–H and O–H groups in total. The second kappa shape index (κ2) is 3.31. The highest BCUT2D eigenvalue weighted by Gasteiger charge is 2.06. The highest BCUT2D eigenvalue weighted by Crippen LogP contribution is 2.18. The quantitative estimate of drug-likeness (QED) is 0.757. The molecule has 0 saturated carbocycles. The van der Waals surface area contributed by atoms with Crippen LogP contribution in [0.15, 0.2) is 27.4 Å². The van der Waals surface area contributed by atoms with E-state index in [-0.39, 0.29) is 6.04 Å². The van der Waals surface area contributed by atoms with Gasteiger partial charge in [0.15, 0.2) is 5.58 Å². The Bertz CT molecular complexity index is 498. The van der Waals surface area contributed by atoms with Crippen molar-refractivity contribution in [3.8, 4) is 0 Å². The van der Waals surface area contributed by atoms with Gasteiger partial charge in [0.05, 0.1) is 5.52 Å². The van der Waals surface area contributed by atoms with Gasteiger partial charge in [-0.2, -0.15) is 0 Å². The zero-order valence-corrected chi connectivity index (χ0v) is 7.91. The van der Waals surface area contributed by atoms with Gasteiger partial charge in [0, 0.05) is 6.04 Å². The number of rotatable bonds is 2. The molecule has 2 aromatic rings. The molecule has 14 heavy (non-hydrogen) atoms. The van der Waals surface area contributed by atoms with Crippen molar-refractivity contribution >= 4 is 11.1 Å². The van der Waals surface area contributed by atoms with Gasteiger partial charge < -0.3 is 10.2 Å². The van der Waals surface area contributed by atoms with Crippen LogP contribution in [-0.4, -0.2) is 4.98 Å². The first-order valence-electron chi connectivity index (χ1n) is 4.59. The molecule has 2 rings (SSSR count). The summed E-state index contributed by atoms with van der Waals surface area (Å²) in [6.45, 7) is 2.02. The zero-order valence-electron chi connectivity index (χ0n) is 7.91. The lowest BCUT2D eigenvalue weighted by atomic mass is 10.1. The van der Waals surface area contributed by atoms with Gasteiger partial charge in [0.25, 0.3) is 0 Å². The van der Waals surface area contributed by atoms with Crippen molar-refractivity contribution in [1.82, 2.24) is 4.98 Å². The molecule has 1 unspecified atom stereocenters. The van der Waals surface area contributed by atoms with Crippen molar-refractivity contribution in [1.29, 1.82) is 0 Å². The molecular weight excluding hydrogens is 180 g/mol. The van der Waals surface area contributed by atoms with Gasteiger partial charge in [0.2, 0.25) is 0 Å². The molecule has 0 amide bonds. The van der Waals surface area contributed by atoms with Crippen molar-refractivity contribution in [2.24, 2.45) is 5.73 Å². The van der Waals surface area contributed by atoms with E-state index in [1.165, 1.54) is 0 Å². The number of hydrogen-bond acceptors (Lipinski definition) is 3. The molecule has 0 saturated heterocycles. The Hall–Kier alpha value is -1.55. The van der Waals surface area contributed by atoms with Crippen molar-refractivity contribution in [2.45, 2.75) is 19.4 Å². The van der Waals surface area contributed by atoms with Crippen molar-refractivity contribution in [2.75, 3.05) is 0 Å². The van der Waals surface area contributed by atoms with E-state index in [9.17, 15) is 4.79 Å². The highest BCUT2D eigenvalue weighted by atomic mass is 16.4. The largest absolute Gasteiger partial charge is 0.417 e. The predicted octanol–water partition coefficient (Wildman–Crippen LogP) is 1.53. The molecule has 0 radical (unpaired) electrons. The fraction of sp³-hybridized carbons (Fsp3) is 0.300. The molecule has 4 heteroatoms. The first kappa shape index (κ1) is 9.02. The van der Waals surface area contributed by atoms with Crippen molar-refractivity contribution < 1.29 is 4.42 Å². The molecule has 0 aliphatic heterocycles. The van der Waals surface area contributed by atoms with Crippen LogP contribution in [0, 0.1) is 0 Å². The third-order valence-corrected chi connectivity index (χ3v) is 2.31. The Morgan fingerprint density at radius 3 is 3.07 bits per heavy atom. The molecule has 0 fully saturated rings. The highest BCUT2D eigenvalue weighted by molar-refractivity contribution is 5.72. The summed E-state index contributed by atoms with van der Waals surface area (Å²) < 4.78 is 4.88. The minimum atomic E-state index is -0.429. The minimum absolute atomic E-state index is 0.0119. The maximum atomic E-state index is 10.9. The molecule has 1 aromatic heterocycles. The number of aromatic amines is 1. The lowest BCUT2D eigenvalue weighted by Crippen LogP contribution is -2.08. The summed E-state index contributed by atoms with van der Waals surface area (Å²) in [5.74, 6) is -0.429. The van der Waals surface area contributed by atoms with Crippen LogP contribution in [0.2, 0.25) is 0 Å². The predicted molar refractivity (Wildman–Crippen MR) is 54.1 cm³/mol. The SMILES string of the molecule is CCC(N)c1ccc2oc(=O)[nH]c2c1. The van der Waals surface area contributed by atoms with Crippen LogP contribution >= 0.6 is 0 Å². The van der Waals surface area contributed by atoms with Gasteiger partial charge in [-0.15, -0.1) is 0 Å². The summed E-state index contributed by atoms with van der Waals surface area (Å²) in [7, 11) is 0. The van der Waals surface area contributed by atoms with Crippen molar-refractivity contribution in [3.05, 3.63) is 34.3 Å². The number of hydrogen-bond donors (Lipinski definition) is 2. The van der Waals surface area contributed by atoms with Crippen LogP contribution in [0.4, 0.5) is 0 Å². The van der Waals surface area contributed by atoms with Crippen LogP contribution in [0.3, 0.4) is 0 Å². The lowest BCUT2D eigenvalue weighted by Gasteiger charge is -2.07. The van der Waals surface area contributed by atoms with E-state index in [2.05, 4.69) is 4.98 Å². The maximum absolute atomic E-state index is 10.9. The normalized spacial score (nSPS) is 13.3. The van der Waals surface area contributed by atoms with Crippen molar-refractivity contribution in [3.63, 3.8) is 0 Å². The van der Waals surface area contributed by atoms with E-state index in [1.54, 1.807) is 6.07 Å². The van der Waals surface area contributed by atoms with Gasteiger partial charge in [0.1, 0.15) is 0 Å². The summed E-state index contributed by atoms with van der Waals surface area (Å²) in [5.41, 5.74) is 8.16. The number of fused-ring (bicyclic) bond motifs is 1. The summed E-state index contributed by atoms with van der Waals surface area (Å²) in [5, 5.41) is 0. The molecule has 1 atom stereocenters. The van der Waals surface area contributed by atoms with E-state index in [0.29, 0.717) is 11.1 Å². The van der Waals surface area contributed by atoms with Crippen LogP contribution in [0.25, 0.3) is 11.1 Å². The number of nitrogens with one attached hydrogen (secondary N) is 1. The third kappa shape index (κ3) is 1.44. The Kier molecular flexibility index (Phi) is 2.13. The summed E-state index contributed by atoms with van der Waals surface area (Å²) in [4.78, 5) is 13.5. The minimum Gasteiger partial charge on any atom is -0.408 e. The maximum Gasteiger partial charge on any atom is 0.417 e. The first-order valence-corrected chi connectivity index (χ1v) is 4.59. The fourth-order valence-corrected chi connectivity index (χ4v) is 1.44. The molecule has 0 aliphatic carbocycles. The van der Waals surface area contributed by atoms with Gasteiger partial charge in [-0.1, -0.05) is 13.0 Å². The summed E-state index contributed by atoms with van der Waals surface area (Å²) in [6, 6.07) is 5.51. The summed E-state index contributed by atoms with van der Waals surface area (Å²) in [6.07, 6.45) is 0.869. The van der Waals surface area contributed by atoms with E-state index < -0.39 is 5.76 Å². The standard InChI is InChI=1S/C10H12N2O2/c1-2-7(11)6-3-4-9-8(5-6)12-10(13)14-9/h3-5,7H,2,11H2,1H3,(H,12,13). The molecule has 4 nitrogen and oxygen atoms in total. The van der Waals surface area contributed by atoms with Gasteiger partial charge in [-0.25, -0.2) is 4.79 Å². The van der Waals surface area contributed by atoms with E-state index >= 15 is 0 Å². The smallest absolute Gasteiger partial charge is 0.408 e. The molecule has 1 heterocycles. The van der Waals surface area contributed by atoms with E-state index in [1.807, 2.05) is 19.1 Å². The Morgan fingerprint density at radius 1 is 1.57 bits per heavy atom. The number of aromatic nitrogens is 1. The van der Waals surface area contributed by atoms with Crippen LogP contribution in [0.5, 0.6) is 0 Å². The number of nitrogens with two attached hydrogens (primary N) is 1. The lowest BCUT2D eigenvalue weighted by molar-refractivity contribution is 0.555. The molecule has 1 aromatic carbocycles. The number of H-pyrrole nitrogens is 1. The fourth-order valence-electron chi connectivity index (χ4n) is 1.44. The van der Waals surface area contributed by atoms with E-state index in [4.69, 9.17) is 10.2 Å². The van der Waals surface area contributed by atoms with Crippen LogP contribution in [0.1, 0.15) is 24.9 Å². The topological polar surface area (TPSA) is 72.0 Å². The second-order valence-corrected chi connectivity index (χ2v) is 3.28. The van der Waals surface area contributed by atoms with Crippen LogP contribution in [-0.2, 0) is 0 Å². The molecule has 0 bridgehead atoms. The Morgan fingerprint density at radius 2 is 2.36 bits per heavy atom. The third-order valence-electron chi connectivity index (χ3n) is 2.31. The van der Waals surface area contributed by atoms with Gasteiger partial charge in [-0.3, -0.25) is 4.98 Å². The monoisotopic (exact) mass is 192 g/mol. The number of benzene rings is 1. The molecule has 0 aliphatic rings.